The monoisotopic (exact) mass is 297 g/mol. The second-order valence-electron chi connectivity index (χ2n) is 4.45. The Morgan fingerprint density at radius 2 is 2.35 bits per heavy atom. The summed E-state index contributed by atoms with van der Waals surface area (Å²) >= 11 is 5.90. The molecule has 1 aliphatic rings. The second-order valence-corrected chi connectivity index (χ2v) is 4.89. The molecule has 0 atom stereocenters. The van der Waals surface area contributed by atoms with Crippen LogP contribution in [0.25, 0.3) is 0 Å². The fourth-order valence-corrected chi connectivity index (χ4v) is 2.17. The number of ether oxygens (including phenoxy) is 1. The maximum atomic E-state index is 12.0. The Bertz CT molecular complexity index is 522. The first kappa shape index (κ1) is 14.6. The second kappa shape index (κ2) is 6.58. The summed E-state index contributed by atoms with van der Waals surface area (Å²) in [5.41, 5.74) is 0.520. The number of hydrogen-bond donors (Lipinski definition) is 2. The number of anilines is 1. The van der Waals surface area contributed by atoms with Gasteiger partial charge in [-0.15, -0.1) is 0 Å². The molecule has 1 aromatic rings. The van der Waals surface area contributed by atoms with E-state index in [-0.39, 0.29) is 24.9 Å². The van der Waals surface area contributed by atoms with E-state index in [0.717, 1.165) is 0 Å². The van der Waals surface area contributed by atoms with Crippen molar-refractivity contribution in [1.82, 2.24) is 10.2 Å². The lowest BCUT2D eigenvalue weighted by Crippen LogP contribution is -2.49. The number of carbonyl (C=O) groups excluding carboxylic acids is 2. The molecule has 0 radical (unpaired) electrons. The highest BCUT2D eigenvalue weighted by Gasteiger charge is 2.19. The summed E-state index contributed by atoms with van der Waals surface area (Å²) in [6.45, 7) is 1.61. The molecule has 1 fully saturated rings. The van der Waals surface area contributed by atoms with Crippen LogP contribution >= 0.6 is 11.6 Å². The number of carbonyl (C=O) groups is 2. The molecule has 2 N–H and O–H groups in total. The molecule has 0 saturated carbocycles. The molecular weight excluding hydrogens is 282 g/mol. The van der Waals surface area contributed by atoms with E-state index in [0.29, 0.717) is 29.5 Å². The van der Waals surface area contributed by atoms with Crippen molar-refractivity contribution in [3.8, 4) is 5.75 Å². The van der Waals surface area contributed by atoms with Crippen molar-refractivity contribution < 1.29 is 14.3 Å². The number of hydrogen-bond acceptors (Lipinski definition) is 4. The van der Waals surface area contributed by atoms with Crippen LogP contribution in [0.5, 0.6) is 5.75 Å². The molecule has 108 valence electrons. The standard InChI is InChI=1S/C13H16ClN3O3/c1-20-11-3-2-9(14)6-10(11)16-13(19)8-17-5-4-15-12(18)7-17/h2-3,6H,4-5,7-8H2,1H3,(H,15,18)(H,16,19). The molecule has 0 bridgehead atoms. The van der Waals surface area contributed by atoms with Crippen LogP contribution in [-0.2, 0) is 9.59 Å². The largest absolute Gasteiger partial charge is 0.495 e. The molecule has 0 unspecified atom stereocenters. The SMILES string of the molecule is COc1ccc(Cl)cc1NC(=O)CN1CCNC(=O)C1. The zero-order valence-electron chi connectivity index (χ0n) is 11.1. The minimum absolute atomic E-state index is 0.0654. The number of benzene rings is 1. The Morgan fingerprint density at radius 3 is 3.05 bits per heavy atom. The van der Waals surface area contributed by atoms with Crippen LogP contribution in [-0.4, -0.2) is 50.0 Å². The Kier molecular flexibility index (Phi) is 4.81. The van der Waals surface area contributed by atoms with Crippen molar-refractivity contribution in [3.05, 3.63) is 23.2 Å². The summed E-state index contributed by atoms with van der Waals surface area (Å²) in [6, 6.07) is 5.00. The minimum Gasteiger partial charge on any atom is -0.495 e. The number of nitrogens with one attached hydrogen (secondary N) is 2. The van der Waals surface area contributed by atoms with E-state index in [2.05, 4.69) is 10.6 Å². The molecule has 1 heterocycles. The molecule has 1 aliphatic heterocycles. The zero-order chi connectivity index (χ0) is 14.5. The van der Waals surface area contributed by atoms with Gasteiger partial charge in [0.15, 0.2) is 0 Å². The third kappa shape index (κ3) is 3.85. The number of piperazine rings is 1. The predicted octanol–water partition coefficient (Wildman–Crippen LogP) is 0.719. The summed E-state index contributed by atoms with van der Waals surface area (Å²) in [5, 5.41) is 5.97. The van der Waals surface area contributed by atoms with Crippen LogP contribution in [0.1, 0.15) is 0 Å². The van der Waals surface area contributed by atoms with Gasteiger partial charge >= 0.3 is 0 Å². The molecule has 20 heavy (non-hydrogen) atoms. The van der Waals surface area contributed by atoms with Gasteiger partial charge in [-0.3, -0.25) is 14.5 Å². The van der Waals surface area contributed by atoms with Gasteiger partial charge in [-0.2, -0.15) is 0 Å². The van der Waals surface area contributed by atoms with Gasteiger partial charge in [0.2, 0.25) is 11.8 Å². The molecule has 6 nitrogen and oxygen atoms in total. The van der Waals surface area contributed by atoms with Crippen molar-refractivity contribution >= 4 is 29.1 Å². The van der Waals surface area contributed by atoms with Gasteiger partial charge in [0.05, 0.1) is 25.9 Å². The van der Waals surface area contributed by atoms with Gasteiger partial charge in [-0.25, -0.2) is 0 Å². The van der Waals surface area contributed by atoms with Gasteiger partial charge in [0.25, 0.3) is 0 Å². The predicted molar refractivity (Wildman–Crippen MR) is 76.1 cm³/mol. The van der Waals surface area contributed by atoms with E-state index in [1.54, 1.807) is 23.1 Å². The number of nitrogens with zero attached hydrogens (tertiary/aromatic N) is 1. The van der Waals surface area contributed by atoms with E-state index in [4.69, 9.17) is 16.3 Å². The van der Waals surface area contributed by atoms with Crippen LogP contribution in [0.15, 0.2) is 18.2 Å². The lowest BCUT2D eigenvalue weighted by atomic mass is 10.3. The van der Waals surface area contributed by atoms with Crippen molar-refractivity contribution in [2.24, 2.45) is 0 Å². The third-order valence-corrected chi connectivity index (χ3v) is 3.16. The zero-order valence-corrected chi connectivity index (χ0v) is 11.9. The Labute approximate surface area is 122 Å². The number of rotatable bonds is 4. The Hall–Kier alpha value is -1.79. The summed E-state index contributed by atoms with van der Waals surface area (Å²) in [4.78, 5) is 25.0. The Balaban J connectivity index is 1.97. The molecule has 7 heteroatoms. The first-order valence-corrected chi connectivity index (χ1v) is 6.58. The minimum atomic E-state index is -0.208. The van der Waals surface area contributed by atoms with E-state index in [1.807, 2.05) is 0 Å². The van der Waals surface area contributed by atoms with E-state index in [1.165, 1.54) is 7.11 Å². The van der Waals surface area contributed by atoms with Crippen LogP contribution in [0.4, 0.5) is 5.69 Å². The molecule has 2 amide bonds. The number of amides is 2. The van der Waals surface area contributed by atoms with Gasteiger partial charge < -0.3 is 15.4 Å². The summed E-state index contributed by atoms with van der Waals surface area (Å²) in [5.74, 6) is 0.267. The average molecular weight is 298 g/mol. The lowest BCUT2D eigenvalue weighted by Gasteiger charge is -2.25. The summed E-state index contributed by atoms with van der Waals surface area (Å²) in [6.07, 6.45) is 0. The molecule has 0 spiro atoms. The lowest BCUT2D eigenvalue weighted by molar-refractivity contribution is -0.125. The Morgan fingerprint density at radius 1 is 1.55 bits per heavy atom. The smallest absolute Gasteiger partial charge is 0.238 e. The van der Waals surface area contributed by atoms with Crippen molar-refractivity contribution in [2.75, 3.05) is 38.6 Å². The quantitative estimate of drug-likeness (QED) is 0.859. The van der Waals surface area contributed by atoms with Crippen molar-refractivity contribution in [1.29, 1.82) is 0 Å². The molecule has 1 saturated heterocycles. The summed E-state index contributed by atoms with van der Waals surface area (Å²) in [7, 11) is 1.52. The van der Waals surface area contributed by atoms with E-state index < -0.39 is 0 Å². The van der Waals surface area contributed by atoms with Crippen LogP contribution < -0.4 is 15.4 Å². The number of methoxy groups -OCH3 is 1. The first-order chi connectivity index (χ1) is 9.58. The third-order valence-electron chi connectivity index (χ3n) is 2.92. The molecular formula is C13H16ClN3O3. The molecule has 0 aliphatic carbocycles. The van der Waals surface area contributed by atoms with Crippen LogP contribution in [0.3, 0.4) is 0 Å². The van der Waals surface area contributed by atoms with Crippen molar-refractivity contribution in [2.45, 2.75) is 0 Å². The van der Waals surface area contributed by atoms with Gasteiger partial charge in [-0.1, -0.05) is 11.6 Å². The van der Waals surface area contributed by atoms with E-state index in [9.17, 15) is 9.59 Å². The highest BCUT2D eigenvalue weighted by molar-refractivity contribution is 6.31. The molecule has 0 aromatic heterocycles. The fraction of sp³-hybridized carbons (Fsp3) is 0.385. The molecule has 1 aromatic carbocycles. The number of halogens is 1. The highest BCUT2D eigenvalue weighted by Crippen LogP contribution is 2.27. The topological polar surface area (TPSA) is 70.7 Å². The van der Waals surface area contributed by atoms with Crippen LogP contribution in [0, 0.1) is 0 Å². The summed E-state index contributed by atoms with van der Waals surface area (Å²) < 4.78 is 5.16. The maximum absolute atomic E-state index is 12.0. The first-order valence-electron chi connectivity index (χ1n) is 6.21. The van der Waals surface area contributed by atoms with Gasteiger partial charge in [0, 0.05) is 18.1 Å². The fourth-order valence-electron chi connectivity index (χ4n) is 2.00. The highest BCUT2D eigenvalue weighted by atomic mass is 35.5. The molecule has 2 rings (SSSR count). The maximum Gasteiger partial charge on any atom is 0.238 e. The van der Waals surface area contributed by atoms with Gasteiger partial charge in [0.1, 0.15) is 5.75 Å². The average Bonchev–Trinajstić information content (AvgIpc) is 2.38. The normalized spacial score (nSPS) is 15.6. The van der Waals surface area contributed by atoms with Gasteiger partial charge in [-0.05, 0) is 18.2 Å². The van der Waals surface area contributed by atoms with Crippen LogP contribution in [0.2, 0.25) is 5.02 Å². The van der Waals surface area contributed by atoms with E-state index >= 15 is 0 Å². The van der Waals surface area contributed by atoms with Crippen molar-refractivity contribution in [3.63, 3.8) is 0 Å².